The van der Waals surface area contributed by atoms with E-state index in [0.717, 1.165) is 17.7 Å². The van der Waals surface area contributed by atoms with Crippen molar-refractivity contribution in [3.05, 3.63) is 69.9 Å². The molecule has 3 atom stereocenters. The lowest BCUT2D eigenvalue weighted by atomic mass is 9.82. The van der Waals surface area contributed by atoms with Crippen molar-refractivity contribution in [2.24, 2.45) is 5.92 Å². The SMILES string of the molecule is O=C1CC[C@@](CCC(=O)N2C[C@@H]3C[C@@H](C2)c2cccc(=O)n2C3)(Cc2ccc(F)cc2)N1. The Hall–Kier alpha value is -2.96. The fourth-order valence-electron chi connectivity index (χ4n) is 5.78. The number of carbonyl (C=O) groups is 2. The van der Waals surface area contributed by atoms with Gasteiger partial charge in [-0.3, -0.25) is 14.4 Å². The molecule has 2 saturated heterocycles. The van der Waals surface area contributed by atoms with Gasteiger partial charge in [0.25, 0.3) is 5.56 Å². The van der Waals surface area contributed by atoms with Crippen molar-refractivity contribution in [2.45, 2.75) is 56.5 Å². The summed E-state index contributed by atoms with van der Waals surface area (Å²) in [5.74, 6) is 0.317. The molecule has 0 radical (unpaired) electrons. The maximum absolute atomic E-state index is 13.3. The molecule has 0 unspecified atom stereocenters. The highest BCUT2D eigenvalue weighted by Gasteiger charge is 2.40. The molecule has 3 aliphatic rings. The van der Waals surface area contributed by atoms with Gasteiger partial charge in [-0.2, -0.15) is 0 Å². The van der Waals surface area contributed by atoms with Crippen molar-refractivity contribution in [2.75, 3.05) is 13.1 Å². The summed E-state index contributed by atoms with van der Waals surface area (Å²) < 4.78 is 15.2. The molecule has 3 aliphatic heterocycles. The highest BCUT2D eigenvalue weighted by molar-refractivity contribution is 5.80. The molecule has 1 aromatic heterocycles. The van der Waals surface area contributed by atoms with E-state index in [9.17, 15) is 18.8 Å². The first-order valence-corrected chi connectivity index (χ1v) is 11.4. The van der Waals surface area contributed by atoms with Crippen molar-refractivity contribution in [1.82, 2.24) is 14.8 Å². The number of likely N-dealkylation sites (tertiary alicyclic amines) is 1. The molecule has 1 N–H and O–H groups in total. The van der Waals surface area contributed by atoms with Gasteiger partial charge in [0.2, 0.25) is 11.8 Å². The number of aromatic nitrogens is 1. The molecule has 0 aliphatic carbocycles. The second-order valence-corrected chi connectivity index (χ2v) is 9.63. The molecule has 2 bridgehead atoms. The minimum Gasteiger partial charge on any atom is -0.350 e. The van der Waals surface area contributed by atoms with Crippen LogP contribution in [0.15, 0.2) is 47.3 Å². The van der Waals surface area contributed by atoms with E-state index in [1.165, 1.54) is 12.1 Å². The zero-order chi connectivity index (χ0) is 22.3. The molecule has 5 rings (SSSR count). The summed E-state index contributed by atoms with van der Waals surface area (Å²) in [5.41, 5.74) is 1.56. The highest BCUT2D eigenvalue weighted by Crippen LogP contribution is 2.36. The third-order valence-electron chi connectivity index (χ3n) is 7.34. The molecular weight excluding hydrogens is 409 g/mol. The molecule has 4 heterocycles. The van der Waals surface area contributed by atoms with Crippen LogP contribution < -0.4 is 10.9 Å². The molecule has 168 valence electrons. The average Bonchev–Trinajstić information content (AvgIpc) is 3.15. The van der Waals surface area contributed by atoms with Crippen molar-refractivity contribution >= 4 is 11.8 Å². The Bertz CT molecular complexity index is 1100. The maximum atomic E-state index is 13.3. The second-order valence-electron chi connectivity index (χ2n) is 9.63. The first-order valence-electron chi connectivity index (χ1n) is 11.4. The van der Waals surface area contributed by atoms with Crippen LogP contribution in [0.1, 0.15) is 49.3 Å². The van der Waals surface area contributed by atoms with E-state index in [2.05, 4.69) is 5.32 Å². The predicted octanol–water partition coefficient (Wildman–Crippen LogP) is 2.60. The van der Waals surface area contributed by atoms with E-state index in [4.69, 9.17) is 0 Å². The number of nitrogens with one attached hydrogen (secondary N) is 1. The Morgan fingerprint density at radius 1 is 1.09 bits per heavy atom. The van der Waals surface area contributed by atoms with Crippen molar-refractivity contribution < 1.29 is 14.0 Å². The van der Waals surface area contributed by atoms with Crippen LogP contribution in [0.4, 0.5) is 4.39 Å². The lowest BCUT2D eigenvalue weighted by molar-refractivity contribution is -0.134. The van der Waals surface area contributed by atoms with Gasteiger partial charge in [0.05, 0.1) is 0 Å². The smallest absolute Gasteiger partial charge is 0.250 e. The third-order valence-corrected chi connectivity index (χ3v) is 7.34. The van der Waals surface area contributed by atoms with Crippen LogP contribution in [0.2, 0.25) is 0 Å². The van der Waals surface area contributed by atoms with Gasteiger partial charge in [-0.05, 0) is 55.4 Å². The molecule has 0 saturated carbocycles. The highest BCUT2D eigenvalue weighted by atomic mass is 19.1. The summed E-state index contributed by atoms with van der Waals surface area (Å²) in [4.78, 5) is 39.4. The fourth-order valence-corrected chi connectivity index (χ4v) is 5.78. The molecule has 1 aromatic carbocycles. The maximum Gasteiger partial charge on any atom is 0.250 e. The Morgan fingerprint density at radius 3 is 2.66 bits per heavy atom. The lowest BCUT2D eigenvalue weighted by Crippen LogP contribution is -2.50. The number of pyridine rings is 1. The van der Waals surface area contributed by atoms with Crippen LogP contribution in [0.3, 0.4) is 0 Å². The van der Waals surface area contributed by atoms with E-state index >= 15 is 0 Å². The van der Waals surface area contributed by atoms with Gasteiger partial charge in [-0.15, -0.1) is 0 Å². The summed E-state index contributed by atoms with van der Waals surface area (Å²) in [6.07, 6.45) is 3.66. The fraction of sp³-hybridized carbons (Fsp3) is 0.480. The van der Waals surface area contributed by atoms with Crippen LogP contribution in [-0.2, 0) is 22.6 Å². The van der Waals surface area contributed by atoms with Gasteiger partial charge in [-0.25, -0.2) is 4.39 Å². The zero-order valence-electron chi connectivity index (χ0n) is 18.1. The normalized spacial score (nSPS) is 26.5. The number of amides is 2. The predicted molar refractivity (Wildman–Crippen MR) is 118 cm³/mol. The summed E-state index contributed by atoms with van der Waals surface area (Å²) in [6.45, 7) is 1.98. The lowest BCUT2D eigenvalue weighted by Gasteiger charge is -2.43. The number of hydrogen-bond acceptors (Lipinski definition) is 3. The number of hydrogen-bond donors (Lipinski definition) is 1. The van der Waals surface area contributed by atoms with Crippen LogP contribution in [0.25, 0.3) is 0 Å². The van der Waals surface area contributed by atoms with Gasteiger partial charge in [0.1, 0.15) is 5.82 Å². The van der Waals surface area contributed by atoms with E-state index < -0.39 is 5.54 Å². The van der Waals surface area contributed by atoms with Crippen LogP contribution in [0, 0.1) is 11.7 Å². The first-order chi connectivity index (χ1) is 15.4. The summed E-state index contributed by atoms with van der Waals surface area (Å²) >= 11 is 0. The average molecular weight is 438 g/mol. The molecule has 2 aromatic rings. The molecule has 6 nitrogen and oxygen atoms in total. The number of fused-ring (bicyclic) bond motifs is 4. The molecule has 2 amide bonds. The van der Waals surface area contributed by atoms with Gasteiger partial charge in [0, 0.05) is 55.7 Å². The Balaban J connectivity index is 1.27. The van der Waals surface area contributed by atoms with Crippen LogP contribution in [0.5, 0.6) is 0 Å². The first kappa shape index (κ1) is 20.9. The monoisotopic (exact) mass is 437 g/mol. The van der Waals surface area contributed by atoms with E-state index in [1.54, 1.807) is 24.3 Å². The third kappa shape index (κ3) is 4.08. The quantitative estimate of drug-likeness (QED) is 0.782. The van der Waals surface area contributed by atoms with Gasteiger partial charge in [0.15, 0.2) is 0 Å². The second kappa shape index (κ2) is 8.19. The Labute approximate surface area is 186 Å². The molecule has 32 heavy (non-hydrogen) atoms. The molecular formula is C25H28FN3O3. The summed E-state index contributed by atoms with van der Waals surface area (Å²) in [6, 6.07) is 11.8. The summed E-state index contributed by atoms with van der Waals surface area (Å²) in [5, 5.41) is 3.11. The minimum absolute atomic E-state index is 0.00844. The zero-order valence-corrected chi connectivity index (χ0v) is 18.1. The number of halogens is 1. The van der Waals surface area contributed by atoms with Crippen LogP contribution >= 0.6 is 0 Å². The number of benzene rings is 1. The molecule has 0 spiro atoms. The number of rotatable bonds is 5. The van der Waals surface area contributed by atoms with E-state index in [1.807, 2.05) is 15.5 Å². The van der Waals surface area contributed by atoms with Gasteiger partial charge >= 0.3 is 0 Å². The number of piperidine rings is 1. The Kier molecular flexibility index (Phi) is 5.35. The standard InChI is InChI=1S/C25H28FN3O3/c26-20-6-4-17(5-7-20)13-25(10-8-22(30)27-25)11-9-23(31)28-14-18-12-19(16-28)21-2-1-3-24(32)29(21)15-18/h1-7,18-19H,8-16H2,(H,27,30)/t18-,19-,25+/m0/s1. The van der Waals surface area contributed by atoms with Gasteiger partial charge < -0.3 is 14.8 Å². The molecule has 7 heteroatoms. The van der Waals surface area contributed by atoms with Crippen LogP contribution in [-0.4, -0.2) is 39.9 Å². The number of nitrogens with zero attached hydrogens (tertiary/aromatic N) is 2. The summed E-state index contributed by atoms with van der Waals surface area (Å²) in [7, 11) is 0. The van der Waals surface area contributed by atoms with Crippen molar-refractivity contribution in [1.29, 1.82) is 0 Å². The topological polar surface area (TPSA) is 71.4 Å². The Morgan fingerprint density at radius 2 is 1.91 bits per heavy atom. The molecule has 2 fully saturated rings. The van der Waals surface area contributed by atoms with Crippen molar-refractivity contribution in [3.8, 4) is 0 Å². The van der Waals surface area contributed by atoms with Gasteiger partial charge in [-0.1, -0.05) is 18.2 Å². The van der Waals surface area contributed by atoms with E-state index in [-0.39, 0.29) is 29.1 Å². The minimum atomic E-state index is -0.462. The number of carbonyl (C=O) groups excluding carboxylic acids is 2. The van der Waals surface area contributed by atoms with Crippen molar-refractivity contribution in [3.63, 3.8) is 0 Å². The van der Waals surface area contributed by atoms with E-state index in [0.29, 0.717) is 57.7 Å². The largest absolute Gasteiger partial charge is 0.350 e.